The number of imide groups is 2. The van der Waals surface area contributed by atoms with Gasteiger partial charge in [-0.15, -0.1) is 0 Å². The van der Waals surface area contributed by atoms with Crippen molar-refractivity contribution in [3.63, 3.8) is 0 Å². The lowest BCUT2D eigenvalue weighted by molar-refractivity contribution is -0.143. The van der Waals surface area contributed by atoms with Crippen LogP contribution in [0.25, 0.3) is 10.9 Å². The standard InChI is InChI=1S/C20H15N3O4/c24-17(15-10-21-16-9-5-4-8-14(15)16)12-23-19(26)18(25)22(20(23)27)11-13-6-2-1-3-7-13/h1-10,21H,11-12H2. The first-order chi connectivity index (χ1) is 13.1. The average Bonchev–Trinajstić information content (AvgIpc) is 3.20. The lowest BCUT2D eigenvalue weighted by atomic mass is 10.1. The molecule has 0 aliphatic carbocycles. The molecule has 134 valence electrons. The smallest absolute Gasteiger partial charge is 0.334 e. The minimum absolute atomic E-state index is 0.0119. The summed E-state index contributed by atoms with van der Waals surface area (Å²) in [5.74, 6) is -2.32. The number of Topliss-reactive ketones (excluding diaryl/α,β-unsaturated/α-hetero) is 1. The molecule has 1 aliphatic heterocycles. The van der Waals surface area contributed by atoms with Gasteiger partial charge in [-0.3, -0.25) is 19.3 Å². The summed E-state index contributed by atoms with van der Waals surface area (Å²) in [7, 11) is 0. The molecule has 2 heterocycles. The van der Waals surface area contributed by atoms with Crippen molar-refractivity contribution in [1.29, 1.82) is 0 Å². The van der Waals surface area contributed by atoms with Gasteiger partial charge in [0.05, 0.1) is 13.1 Å². The van der Waals surface area contributed by atoms with E-state index in [0.717, 1.165) is 16.0 Å². The summed E-state index contributed by atoms with van der Waals surface area (Å²) in [6.45, 7) is -0.488. The lowest BCUT2D eigenvalue weighted by Crippen LogP contribution is -2.36. The molecule has 0 spiro atoms. The number of carbonyl (C=O) groups excluding carboxylic acids is 4. The van der Waals surface area contributed by atoms with Gasteiger partial charge in [0.2, 0.25) is 0 Å². The van der Waals surface area contributed by atoms with E-state index in [1.165, 1.54) is 0 Å². The number of fused-ring (bicyclic) bond motifs is 1. The van der Waals surface area contributed by atoms with Crippen LogP contribution in [0, 0.1) is 0 Å². The number of ketones is 1. The van der Waals surface area contributed by atoms with Crippen LogP contribution in [0.15, 0.2) is 60.8 Å². The molecule has 7 heteroatoms. The van der Waals surface area contributed by atoms with E-state index in [-0.39, 0.29) is 6.54 Å². The molecule has 0 radical (unpaired) electrons. The maximum absolute atomic E-state index is 12.6. The third-order valence-electron chi connectivity index (χ3n) is 4.51. The normalized spacial score (nSPS) is 14.4. The molecule has 0 unspecified atom stereocenters. The zero-order chi connectivity index (χ0) is 19.0. The van der Waals surface area contributed by atoms with E-state index >= 15 is 0 Å². The second-order valence-electron chi connectivity index (χ2n) is 6.22. The molecule has 3 aromatic rings. The van der Waals surface area contributed by atoms with Gasteiger partial charge in [-0.2, -0.15) is 0 Å². The summed E-state index contributed by atoms with van der Waals surface area (Å²) in [6.07, 6.45) is 1.54. The third-order valence-corrected chi connectivity index (χ3v) is 4.51. The highest BCUT2D eigenvalue weighted by molar-refractivity contribution is 6.45. The van der Waals surface area contributed by atoms with Gasteiger partial charge in [0.25, 0.3) is 0 Å². The molecule has 1 N–H and O–H groups in total. The molecule has 2 aromatic carbocycles. The van der Waals surface area contributed by atoms with E-state index < -0.39 is 30.2 Å². The predicted octanol–water partition coefficient (Wildman–Crippen LogP) is 2.34. The van der Waals surface area contributed by atoms with Crippen LogP contribution in [0.5, 0.6) is 0 Å². The quantitative estimate of drug-likeness (QED) is 0.429. The number of urea groups is 1. The van der Waals surface area contributed by atoms with Gasteiger partial charge in [-0.05, 0) is 11.6 Å². The van der Waals surface area contributed by atoms with Crippen molar-refractivity contribution < 1.29 is 19.2 Å². The van der Waals surface area contributed by atoms with Crippen LogP contribution in [0.2, 0.25) is 0 Å². The topological polar surface area (TPSA) is 90.6 Å². The summed E-state index contributed by atoms with van der Waals surface area (Å²) in [5.41, 5.74) is 1.87. The number of aromatic nitrogens is 1. The van der Waals surface area contributed by atoms with Gasteiger partial charge in [0, 0.05) is 22.7 Å². The Hall–Kier alpha value is -3.74. The molecule has 1 saturated heterocycles. The molecular formula is C20H15N3O4. The number of hydrogen-bond acceptors (Lipinski definition) is 4. The number of H-pyrrole nitrogens is 1. The van der Waals surface area contributed by atoms with E-state index in [9.17, 15) is 19.2 Å². The van der Waals surface area contributed by atoms with E-state index in [4.69, 9.17) is 0 Å². The zero-order valence-electron chi connectivity index (χ0n) is 14.2. The van der Waals surface area contributed by atoms with Crippen LogP contribution in [-0.2, 0) is 16.1 Å². The lowest BCUT2D eigenvalue weighted by Gasteiger charge is -2.15. The molecular weight excluding hydrogens is 346 g/mol. The fourth-order valence-corrected chi connectivity index (χ4v) is 3.13. The van der Waals surface area contributed by atoms with E-state index in [0.29, 0.717) is 15.8 Å². The van der Waals surface area contributed by atoms with Gasteiger partial charge >= 0.3 is 17.8 Å². The van der Waals surface area contributed by atoms with Crippen LogP contribution >= 0.6 is 0 Å². The number of aromatic amines is 1. The number of amides is 4. The molecule has 7 nitrogen and oxygen atoms in total. The van der Waals surface area contributed by atoms with Crippen LogP contribution in [0.3, 0.4) is 0 Å². The van der Waals surface area contributed by atoms with Crippen molar-refractivity contribution in [2.75, 3.05) is 6.54 Å². The fourth-order valence-electron chi connectivity index (χ4n) is 3.13. The van der Waals surface area contributed by atoms with Crippen molar-refractivity contribution in [2.45, 2.75) is 6.54 Å². The van der Waals surface area contributed by atoms with Gasteiger partial charge < -0.3 is 4.98 Å². The summed E-state index contributed by atoms with van der Waals surface area (Å²) in [5, 5.41) is 0.703. The van der Waals surface area contributed by atoms with Crippen molar-refractivity contribution >= 4 is 34.5 Å². The number of nitrogens with one attached hydrogen (secondary N) is 1. The Labute approximate surface area is 154 Å². The number of rotatable bonds is 5. The molecule has 4 rings (SSSR count). The van der Waals surface area contributed by atoms with Crippen molar-refractivity contribution in [1.82, 2.24) is 14.8 Å². The maximum atomic E-state index is 12.6. The van der Waals surface area contributed by atoms with Crippen molar-refractivity contribution in [2.24, 2.45) is 0 Å². The number of carbonyl (C=O) groups is 4. The average molecular weight is 361 g/mol. The first-order valence-corrected chi connectivity index (χ1v) is 8.37. The number of benzene rings is 2. The van der Waals surface area contributed by atoms with Crippen LogP contribution in [-0.4, -0.2) is 45.0 Å². The number of nitrogens with zero attached hydrogens (tertiary/aromatic N) is 2. The molecule has 1 aliphatic rings. The van der Waals surface area contributed by atoms with Gasteiger partial charge in [0.15, 0.2) is 5.78 Å². The van der Waals surface area contributed by atoms with Crippen LogP contribution in [0.4, 0.5) is 4.79 Å². The van der Waals surface area contributed by atoms with Crippen LogP contribution < -0.4 is 0 Å². The summed E-state index contributed by atoms with van der Waals surface area (Å²) < 4.78 is 0. The van der Waals surface area contributed by atoms with Crippen LogP contribution in [0.1, 0.15) is 15.9 Å². The Bertz CT molecular complexity index is 1070. The minimum Gasteiger partial charge on any atom is -0.360 e. The molecule has 0 bridgehead atoms. The third kappa shape index (κ3) is 2.89. The Balaban J connectivity index is 1.55. The van der Waals surface area contributed by atoms with Crippen molar-refractivity contribution in [3.05, 3.63) is 71.9 Å². The first-order valence-electron chi connectivity index (χ1n) is 8.37. The number of hydrogen-bond donors (Lipinski definition) is 1. The largest absolute Gasteiger partial charge is 0.360 e. The second-order valence-corrected chi connectivity index (χ2v) is 6.22. The molecule has 0 saturated carbocycles. The summed E-state index contributed by atoms with van der Waals surface area (Å²) in [4.78, 5) is 54.2. The molecule has 0 atom stereocenters. The van der Waals surface area contributed by atoms with Gasteiger partial charge in [-0.25, -0.2) is 9.69 Å². The summed E-state index contributed by atoms with van der Waals surface area (Å²) >= 11 is 0. The van der Waals surface area contributed by atoms with E-state index in [1.807, 2.05) is 18.2 Å². The van der Waals surface area contributed by atoms with Crippen molar-refractivity contribution in [3.8, 4) is 0 Å². The molecule has 1 aromatic heterocycles. The Morgan fingerprint density at radius 3 is 2.30 bits per heavy atom. The monoisotopic (exact) mass is 361 g/mol. The van der Waals surface area contributed by atoms with Gasteiger partial charge in [-0.1, -0.05) is 48.5 Å². The Kier molecular flexibility index (Phi) is 4.04. The SMILES string of the molecule is O=C(CN1C(=O)C(=O)N(Cc2ccccc2)C1=O)c1c[nH]c2ccccc12. The van der Waals surface area contributed by atoms with Gasteiger partial charge in [0.1, 0.15) is 0 Å². The van der Waals surface area contributed by atoms with E-state index in [2.05, 4.69) is 4.98 Å². The molecule has 4 amide bonds. The second kappa shape index (κ2) is 6.53. The highest BCUT2D eigenvalue weighted by Gasteiger charge is 2.45. The Morgan fingerprint density at radius 2 is 1.52 bits per heavy atom. The fraction of sp³-hybridized carbons (Fsp3) is 0.100. The molecule has 1 fully saturated rings. The number of para-hydroxylation sites is 1. The van der Waals surface area contributed by atoms with E-state index in [1.54, 1.807) is 42.6 Å². The Morgan fingerprint density at radius 1 is 0.852 bits per heavy atom. The molecule has 27 heavy (non-hydrogen) atoms. The minimum atomic E-state index is -0.982. The first kappa shape index (κ1) is 16.7. The summed E-state index contributed by atoms with van der Waals surface area (Å²) in [6, 6.07) is 15.3. The zero-order valence-corrected chi connectivity index (χ0v) is 14.2. The highest BCUT2D eigenvalue weighted by atomic mass is 16.2. The highest BCUT2D eigenvalue weighted by Crippen LogP contribution is 2.21. The predicted molar refractivity (Wildman–Crippen MR) is 96.7 cm³/mol. The maximum Gasteiger partial charge on any atom is 0.334 e.